The number of rotatable bonds is 7. The molecule has 1 atom stereocenters. The van der Waals surface area contributed by atoms with Gasteiger partial charge in [0.15, 0.2) is 0 Å². The van der Waals surface area contributed by atoms with Gasteiger partial charge < -0.3 is 24.4 Å². The molecule has 8 nitrogen and oxygen atoms in total. The Morgan fingerprint density at radius 2 is 1.58 bits per heavy atom. The second kappa shape index (κ2) is 40.4. The Hall–Kier alpha value is 0.650. The van der Waals surface area contributed by atoms with Crippen molar-refractivity contribution in [2.24, 2.45) is 0 Å². The van der Waals surface area contributed by atoms with Gasteiger partial charge in [0.25, 0.3) is 6.47 Å². The number of esters is 2. The third-order valence-electron chi connectivity index (χ3n) is 1.25. The van der Waals surface area contributed by atoms with E-state index in [1.54, 1.807) is 13.8 Å². The van der Waals surface area contributed by atoms with Crippen molar-refractivity contribution in [3.63, 3.8) is 0 Å². The minimum atomic E-state index is -1.02. The first kappa shape index (κ1) is 41.1. The molecule has 1 unspecified atom stereocenters. The zero-order chi connectivity index (χ0) is 19.8. The molecule has 0 bridgehead atoms. The molecule has 12 heteroatoms. The summed E-state index contributed by atoms with van der Waals surface area (Å²) in [4.78, 5) is 29.6. The van der Waals surface area contributed by atoms with Crippen LogP contribution in [0.5, 0.6) is 0 Å². The van der Waals surface area contributed by atoms with Crippen LogP contribution in [0.15, 0.2) is 0 Å². The van der Waals surface area contributed by atoms with Crippen LogP contribution in [-0.4, -0.2) is 62.7 Å². The third-order valence-corrected chi connectivity index (χ3v) is 1.77. The summed E-state index contributed by atoms with van der Waals surface area (Å²) in [5, 5.41) is 17.8. The minimum absolute atomic E-state index is 0. The van der Waals surface area contributed by atoms with E-state index in [9.17, 15) is 14.7 Å². The van der Waals surface area contributed by atoms with E-state index in [4.69, 9.17) is 33.1 Å². The number of carbonyl (C=O) groups excluding carboxylic acids is 3. The van der Waals surface area contributed by atoms with Gasteiger partial charge in [-0.2, -0.15) is 0 Å². The molecule has 0 rings (SSSR count). The van der Waals surface area contributed by atoms with Crippen LogP contribution in [0.4, 0.5) is 0 Å². The molecule has 0 fully saturated rings. The SMILES string of the molecule is CCOC(=O)C(Cl)C[O-].CC[O-].[CH2+]COC(=O)CCl.[CH2+]COC=O.[Na+].[Na+]. The monoisotopic (exact) mass is 436 g/mol. The van der Waals surface area contributed by atoms with Crippen molar-refractivity contribution in [1.29, 1.82) is 0 Å². The fourth-order valence-corrected chi connectivity index (χ4v) is 0.641. The summed E-state index contributed by atoms with van der Waals surface area (Å²) in [5.74, 6) is -1.14. The molecule has 0 aromatic carbocycles. The van der Waals surface area contributed by atoms with Gasteiger partial charge >= 0.3 is 71.1 Å². The Morgan fingerprint density at radius 3 is 1.73 bits per heavy atom. The van der Waals surface area contributed by atoms with Gasteiger partial charge in [0.1, 0.15) is 25.1 Å². The normalized spacial score (nSPS) is 8.54. The Balaban J connectivity index is -0.0000000532. The van der Waals surface area contributed by atoms with Gasteiger partial charge in [-0.1, -0.05) is 6.92 Å². The summed E-state index contributed by atoms with van der Waals surface area (Å²) in [6.07, 6.45) is 0. The van der Waals surface area contributed by atoms with Crippen molar-refractivity contribution in [1.82, 2.24) is 0 Å². The van der Waals surface area contributed by atoms with E-state index in [-0.39, 0.29) is 91.4 Å². The summed E-state index contributed by atoms with van der Waals surface area (Å²) < 4.78 is 12.8. The van der Waals surface area contributed by atoms with Gasteiger partial charge in [0, 0.05) is 0 Å². The van der Waals surface area contributed by atoms with Gasteiger partial charge in [-0.3, -0.25) is 14.4 Å². The van der Waals surface area contributed by atoms with Crippen LogP contribution < -0.4 is 69.3 Å². The average molecular weight is 437 g/mol. The van der Waals surface area contributed by atoms with Crippen LogP contribution in [0.2, 0.25) is 0 Å². The molecule has 0 N–H and O–H groups in total. The topological polar surface area (TPSA) is 125 Å². The quantitative estimate of drug-likeness (QED) is 0.0962. The molecule has 0 aromatic rings. The first-order chi connectivity index (χ1) is 11.4. The Kier molecular flexibility index (Phi) is 63.8. The molecule has 0 saturated carbocycles. The van der Waals surface area contributed by atoms with Crippen molar-refractivity contribution in [2.45, 2.75) is 19.2 Å². The number of hydrogen-bond acceptors (Lipinski definition) is 8. The molecule has 0 amide bonds. The summed E-state index contributed by atoms with van der Waals surface area (Å²) in [7, 11) is 0. The summed E-state index contributed by atoms with van der Waals surface area (Å²) in [6.45, 7) is 10.1. The van der Waals surface area contributed by atoms with Gasteiger partial charge in [0.2, 0.25) is 13.2 Å². The van der Waals surface area contributed by atoms with Gasteiger partial charge in [0.05, 0.1) is 6.61 Å². The Bertz CT molecular complexity index is 288. The van der Waals surface area contributed by atoms with E-state index < -0.39 is 23.9 Å². The minimum Gasteiger partial charge on any atom is -0.855 e. The van der Waals surface area contributed by atoms with E-state index >= 15 is 0 Å². The van der Waals surface area contributed by atoms with Gasteiger partial charge in [-0.05, 0) is 6.92 Å². The second-order valence-electron chi connectivity index (χ2n) is 3.00. The van der Waals surface area contributed by atoms with Crippen LogP contribution in [0.3, 0.4) is 0 Å². The molecule has 0 heterocycles. The predicted octanol–water partition coefficient (Wildman–Crippen LogP) is -6.51. The molecule has 0 aromatic heterocycles. The molecule has 0 saturated heterocycles. The van der Waals surface area contributed by atoms with E-state index in [0.29, 0.717) is 6.47 Å². The standard InChI is InChI=1S/C5H8ClO3.C4H6ClO2.C3H5O2.C2H5O.2Na/c1-2-9-5(8)4(6)3-7;1-2-7-4(6)3-5;1-2-5-3-4;1-2-3;;/h4H,2-3H2,1H3;1-3H2;3H,1-2H2;2H2,1H3;;/q-1;2*+1;-1;2*+1. The maximum Gasteiger partial charge on any atom is 1.00 e. The maximum absolute atomic E-state index is 10.4. The summed E-state index contributed by atoms with van der Waals surface area (Å²) >= 11 is 10.2. The molecular formula is C14H24Cl2Na2O8+2. The summed E-state index contributed by atoms with van der Waals surface area (Å²) in [6, 6.07) is 0. The molecule has 0 spiro atoms. The third kappa shape index (κ3) is 49.7. The van der Waals surface area contributed by atoms with E-state index in [1.807, 2.05) is 0 Å². The molecule has 142 valence electrons. The van der Waals surface area contributed by atoms with E-state index in [0.717, 1.165) is 0 Å². The number of halogens is 2. The second-order valence-corrected chi connectivity index (χ2v) is 3.79. The Morgan fingerprint density at radius 1 is 1.12 bits per heavy atom. The van der Waals surface area contributed by atoms with Crippen molar-refractivity contribution in [3.8, 4) is 0 Å². The number of alkyl halides is 2. The first-order valence-corrected chi connectivity index (χ1v) is 7.65. The van der Waals surface area contributed by atoms with Crippen LogP contribution in [0.25, 0.3) is 0 Å². The number of hydrogen-bond donors (Lipinski definition) is 0. The van der Waals surface area contributed by atoms with Crippen molar-refractivity contribution in [2.75, 3.05) is 38.9 Å². The van der Waals surface area contributed by atoms with Crippen LogP contribution >= 0.6 is 23.2 Å². The molecule has 0 aliphatic carbocycles. The number of ether oxygens (including phenoxy) is 3. The molecule has 26 heavy (non-hydrogen) atoms. The smallest absolute Gasteiger partial charge is 0.855 e. The fourth-order valence-electron chi connectivity index (χ4n) is 0.501. The van der Waals surface area contributed by atoms with Crippen LogP contribution in [-0.2, 0) is 28.6 Å². The Labute approximate surface area is 209 Å². The zero-order valence-corrected chi connectivity index (χ0v) is 21.3. The average Bonchev–Trinajstić information content (AvgIpc) is 2.57. The number of carbonyl (C=O) groups is 3. The van der Waals surface area contributed by atoms with Crippen molar-refractivity contribution < 1.29 is 97.9 Å². The summed E-state index contributed by atoms with van der Waals surface area (Å²) in [5.41, 5.74) is 0. The molecule has 0 radical (unpaired) electrons. The van der Waals surface area contributed by atoms with Gasteiger partial charge in [-0.15, -0.1) is 36.4 Å². The zero-order valence-electron chi connectivity index (χ0n) is 15.8. The van der Waals surface area contributed by atoms with Crippen molar-refractivity contribution in [3.05, 3.63) is 13.8 Å². The molecular weight excluding hydrogens is 413 g/mol. The largest absolute Gasteiger partial charge is 1.00 e. The molecule has 0 aliphatic heterocycles. The van der Waals surface area contributed by atoms with Crippen molar-refractivity contribution >= 4 is 41.6 Å². The molecule has 0 aliphatic rings. The van der Waals surface area contributed by atoms with E-state index in [2.05, 4.69) is 28.1 Å². The van der Waals surface area contributed by atoms with Gasteiger partial charge in [-0.25, -0.2) is 0 Å². The predicted molar refractivity (Wildman–Crippen MR) is 86.1 cm³/mol. The van der Waals surface area contributed by atoms with E-state index in [1.165, 1.54) is 0 Å². The maximum atomic E-state index is 10.4. The van der Waals surface area contributed by atoms with Crippen LogP contribution in [0.1, 0.15) is 13.8 Å². The first-order valence-electron chi connectivity index (χ1n) is 6.68. The van der Waals surface area contributed by atoms with Crippen LogP contribution in [0, 0.1) is 13.8 Å². The fraction of sp³-hybridized carbons (Fsp3) is 0.643.